The second-order valence-electron chi connectivity index (χ2n) is 3.58. The fourth-order valence-corrected chi connectivity index (χ4v) is 1.30. The van der Waals surface area contributed by atoms with Crippen LogP contribution in [0.3, 0.4) is 0 Å². The highest BCUT2D eigenvalue weighted by Gasteiger charge is 2.12. The van der Waals surface area contributed by atoms with E-state index in [1.165, 1.54) is 12.8 Å². The van der Waals surface area contributed by atoms with E-state index in [0.29, 0.717) is 6.04 Å². The lowest BCUT2D eigenvalue weighted by atomic mass is 9.96. The van der Waals surface area contributed by atoms with Crippen molar-refractivity contribution in [3.05, 3.63) is 0 Å². The standard InChI is InChI=1S/C12H23N/c1-5-8-9-12(11(4)7-3)13-10-6-2/h11-13H,6-7,9-10H2,1-4H3. The van der Waals surface area contributed by atoms with E-state index in [9.17, 15) is 0 Å². The van der Waals surface area contributed by atoms with Crippen LogP contribution in [0.15, 0.2) is 0 Å². The molecular formula is C12H23N. The van der Waals surface area contributed by atoms with Crippen molar-refractivity contribution in [2.45, 2.75) is 53.0 Å². The quantitative estimate of drug-likeness (QED) is 0.621. The van der Waals surface area contributed by atoms with Gasteiger partial charge in [-0.05, 0) is 25.8 Å². The maximum atomic E-state index is 3.55. The molecule has 0 aromatic rings. The van der Waals surface area contributed by atoms with Crippen LogP contribution in [0.25, 0.3) is 0 Å². The van der Waals surface area contributed by atoms with E-state index in [-0.39, 0.29) is 0 Å². The van der Waals surface area contributed by atoms with Crippen molar-refractivity contribution in [2.75, 3.05) is 6.54 Å². The van der Waals surface area contributed by atoms with Gasteiger partial charge >= 0.3 is 0 Å². The lowest BCUT2D eigenvalue weighted by Gasteiger charge is -2.22. The molecule has 0 bridgehead atoms. The molecule has 0 aliphatic rings. The molecule has 0 rings (SSSR count). The Morgan fingerprint density at radius 2 is 2.00 bits per heavy atom. The van der Waals surface area contributed by atoms with Gasteiger partial charge in [0.25, 0.3) is 0 Å². The monoisotopic (exact) mass is 181 g/mol. The summed E-state index contributed by atoms with van der Waals surface area (Å²) in [7, 11) is 0. The molecule has 0 aromatic heterocycles. The molecule has 1 N–H and O–H groups in total. The molecule has 0 aliphatic carbocycles. The first-order valence-electron chi connectivity index (χ1n) is 5.39. The molecule has 1 nitrogen and oxygen atoms in total. The normalized spacial score (nSPS) is 14.5. The Kier molecular flexibility index (Phi) is 7.83. The van der Waals surface area contributed by atoms with Crippen molar-refractivity contribution in [3.63, 3.8) is 0 Å². The van der Waals surface area contributed by atoms with Crippen molar-refractivity contribution in [3.8, 4) is 11.8 Å². The lowest BCUT2D eigenvalue weighted by molar-refractivity contribution is 0.373. The van der Waals surface area contributed by atoms with Gasteiger partial charge in [0, 0.05) is 12.5 Å². The van der Waals surface area contributed by atoms with Gasteiger partial charge in [0.05, 0.1) is 0 Å². The second-order valence-corrected chi connectivity index (χ2v) is 3.58. The van der Waals surface area contributed by atoms with E-state index in [0.717, 1.165) is 18.9 Å². The largest absolute Gasteiger partial charge is 0.313 e. The van der Waals surface area contributed by atoms with E-state index in [1.807, 2.05) is 6.92 Å². The van der Waals surface area contributed by atoms with Gasteiger partial charge in [-0.1, -0.05) is 27.2 Å². The summed E-state index contributed by atoms with van der Waals surface area (Å²) in [5, 5.41) is 3.55. The number of hydrogen-bond donors (Lipinski definition) is 1. The first-order valence-corrected chi connectivity index (χ1v) is 5.39. The molecule has 13 heavy (non-hydrogen) atoms. The third kappa shape index (κ3) is 5.71. The second kappa shape index (κ2) is 8.13. The van der Waals surface area contributed by atoms with E-state index in [1.54, 1.807) is 0 Å². The summed E-state index contributed by atoms with van der Waals surface area (Å²) >= 11 is 0. The van der Waals surface area contributed by atoms with E-state index >= 15 is 0 Å². The molecule has 0 spiro atoms. The number of hydrogen-bond acceptors (Lipinski definition) is 1. The Bertz CT molecular complexity index is 164. The SMILES string of the molecule is CC#CCC(NCCC)C(C)CC. The van der Waals surface area contributed by atoms with Gasteiger partial charge in [0.2, 0.25) is 0 Å². The summed E-state index contributed by atoms with van der Waals surface area (Å²) in [6, 6.07) is 0.581. The summed E-state index contributed by atoms with van der Waals surface area (Å²) in [5.74, 6) is 6.85. The summed E-state index contributed by atoms with van der Waals surface area (Å²) < 4.78 is 0. The molecule has 0 aliphatic heterocycles. The molecule has 0 aromatic carbocycles. The van der Waals surface area contributed by atoms with Crippen LogP contribution in [-0.2, 0) is 0 Å². The highest BCUT2D eigenvalue weighted by molar-refractivity contribution is 4.98. The highest BCUT2D eigenvalue weighted by atomic mass is 14.9. The molecule has 2 unspecified atom stereocenters. The maximum Gasteiger partial charge on any atom is 0.0245 e. The Morgan fingerprint density at radius 3 is 2.46 bits per heavy atom. The smallest absolute Gasteiger partial charge is 0.0245 e. The molecule has 0 saturated heterocycles. The van der Waals surface area contributed by atoms with E-state index in [4.69, 9.17) is 0 Å². The average molecular weight is 181 g/mol. The minimum atomic E-state index is 0.581. The van der Waals surface area contributed by atoms with Crippen LogP contribution in [0.1, 0.15) is 47.0 Å². The van der Waals surface area contributed by atoms with Crippen molar-refractivity contribution < 1.29 is 0 Å². The van der Waals surface area contributed by atoms with Crippen LogP contribution in [0.2, 0.25) is 0 Å². The predicted molar refractivity (Wildman–Crippen MR) is 59.6 cm³/mol. The predicted octanol–water partition coefficient (Wildman–Crippen LogP) is 2.81. The van der Waals surface area contributed by atoms with Gasteiger partial charge < -0.3 is 5.32 Å². The van der Waals surface area contributed by atoms with Gasteiger partial charge in [-0.25, -0.2) is 0 Å². The molecule has 0 saturated carbocycles. The average Bonchev–Trinajstić information content (AvgIpc) is 2.17. The topological polar surface area (TPSA) is 12.0 Å². The lowest BCUT2D eigenvalue weighted by Crippen LogP contribution is -2.34. The zero-order valence-corrected chi connectivity index (χ0v) is 9.48. The fourth-order valence-electron chi connectivity index (χ4n) is 1.30. The van der Waals surface area contributed by atoms with E-state index in [2.05, 4.69) is 37.9 Å². The van der Waals surface area contributed by atoms with Crippen LogP contribution in [0, 0.1) is 17.8 Å². The molecular weight excluding hydrogens is 158 g/mol. The molecule has 1 heteroatoms. The van der Waals surface area contributed by atoms with Gasteiger partial charge in [0.1, 0.15) is 0 Å². The van der Waals surface area contributed by atoms with Gasteiger partial charge in [-0.2, -0.15) is 0 Å². The highest BCUT2D eigenvalue weighted by Crippen LogP contribution is 2.10. The van der Waals surface area contributed by atoms with Crippen LogP contribution in [0.4, 0.5) is 0 Å². The third-order valence-corrected chi connectivity index (χ3v) is 2.49. The van der Waals surface area contributed by atoms with Gasteiger partial charge in [-0.15, -0.1) is 11.8 Å². The number of rotatable bonds is 6. The number of nitrogens with one attached hydrogen (secondary N) is 1. The fraction of sp³-hybridized carbons (Fsp3) is 0.833. The zero-order chi connectivity index (χ0) is 10.1. The van der Waals surface area contributed by atoms with Crippen LogP contribution in [-0.4, -0.2) is 12.6 Å². The summed E-state index contributed by atoms with van der Waals surface area (Å²) in [5.41, 5.74) is 0. The van der Waals surface area contributed by atoms with Crippen molar-refractivity contribution >= 4 is 0 Å². The van der Waals surface area contributed by atoms with E-state index < -0.39 is 0 Å². The molecule has 76 valence electrons. The summed E-state index contributed by atoms with van der Waals surface area (Å²) in [6.07, 6.45) is 3.42. The van der Waals surface area contributed by atoms with Gasteiger partial charge in [-0.3, -0.25) is 0 Å². The third-order valence-electron chi connectivity index (χ3n) is 2.49. The summed E-state index contributed by atoms with van der Waals surface area (Å²) in [6.45, 7) is 9.76. The van der Waals surface area contributed by atoms with Crippen molar-refractivity contribution in [1.82, 2.24) is 5.32 Å². The molecule has 0 heterocycles. The van der Waals surface area contributed by atoms with Crippen LogP contribution in [0.5, 0.6) is 0 Å². The molecule has 0 radical (unpaired) electrons. The minimum absolute atomic E-state index is 0.581. The molecule has 2 atom stereocenters. The Balaban J connectivity index is 3.91. The summed E-state index contributed by atoms with van der Waals surface area (Å²) in [4.78, 5) is 0. The van der Waals surface area contributed by atoms with Crippen molar-refractivity contribution in [1.29, 1.82) is 0 Å². The molecule has 0 amide bonds. The Morgan fingerprint density at radius 1 is 1.31 bits per heavy atom. The molecule has 0 fully saturated rings. The van der Waals surface area contributed by atoms with Crippen molar-refractivity contribution in [2.24, 2.45) is 5.92 Å². The first kappa shape index (κ1) is 12.5. The Labute approximate surface area is 83.3 Å². The Hall–Kier alpha value is -0.480. The van der Waals surface area contributed by atoms with Gasteiger partial charge in [0.15, 0.2) is 0 Å². The zero-order valence-electron chi connectivity index (χ0n) is 9.48. The maximum absolute atomic E-state index is 3.55. The minimum Gasteiger partial charge on any atom is -0.313 e. The van der Waals surface area contributed by atoms with Crippen LogP contribution >= 0.6 is 0 Å². The van der Waals surface area contributed by atoms with Crippen LogP contribution < -0.4 is 5.32 Å². The first-order chi connectivity index (χ1) is 6.26.